The van der Waals surface area contributed by atoms with Crippen molar-refractivity contribution in [2.75, 3.05) is 13.2 Å². The highest BCUT2D eigenvalue weighted by molar-refractivity contribution is 5.80. The van der Waals surface area contributed by atoms with E-state index in [0.29, 0.717) is 13.2 Å². The van der Waals surface area contributed by atoms with E-state index in [1.54, 1.807) is 6.92 Å². The van der Waals surface area contributed by atoms with Gasteiger partial charge in [-0.1, -0.05) is 20.3 Å². The Morgan fingerprint density at radius 3 is 2.38 bits per heavy atom. The number of ether oxygens (including phenoxy) is 2. The monoisotopic (exact) mass is 231 g/mol. The Balaban J connectivity index is 3.71. The van der Waals surface area contributed by atoms with Crippen molar-refractivity contribution in [2.45, 2.75) is 46.1 Å². The minimum atomic E-state index is -0.666. The fourth-order valence-electron chi connectivity index (χ4n) is 0.914. The van der Waals surface area contributed by atoms with Gasteiger partial charge in [-0.25, -0.2) is 9.59 Å². The normalized spacial score (nSPS) is 11.7. The number of hydrogen-bond acceptors (Lipinski definition) is 4. The first-order valence-electron chi connectivity index (χ1n) is 5.71. The number of unbranched alkanes of at least 4 members (excludes halogenated alkanes) is 1. The van der Waals surface area contributed by atoms with Crippen molar-refractivity contribution >= 4 is 12.1 Å². The van der Waals surface area contributed by atoms with E-state index in [-0.39, 0.29) is 0 Å². The minimum Gasteiger partial charge on any atom is -0.464 e. The summed E-state index contributed by atoms with van der Waals surface area (Å²) in [6.45, 7) is 6.23. The topological polar surface area (TPSA) is 64.6 Å². The van der Waals surface area contributed by atoms with E-state index < -0.39 is 18.1 Å². The molecule has 0 aromatic rings. The van der Waals surface area contributed by atoms with Gasteiger partial charge in [-0.05, 0) is 19.8 Å². The summed E-state index contributed by atoms with van der Waals surface area (Å²) in [5, 5.41) is 2.41. The summed E-state index contributed by atoms with van der Waals surface area (Å²) in [7, 11) is 0. The van der Waals surface area contributed by atoms with Crippen LogP contribution >= 0.6 is 0 Å². The Kier molecular flexibility index (Phi) is 8.29. The van der Waals surface area contributed by atoms with Gasteiger partial charge in [0.15, 0.2) is 0 Å². The van der Waals surface area contributed by atoms with Gasteiger partial charge in [0.05, 0.1) is 13.2 Å². The molecule has 94 valence electrons. The van der Waals surface area contributed by atoms with Gasteiger partial charge in [-0.2, -0.15) is 0 Å². The number of carbonyl (C=O) groups excluding carboxylic acids is 2. The second-order valence-electron chi connectivity index (χ2n) is 3.52. The summed E-state index contributed by atoms with van der Waals surface area (Å²) in [6, 6.07) is -0.666. The summed E-state index contributed by atoms with van der Waals surface area (Å²) in [4.78, 5) is 22.4. The van der Waals surface area contributed by atoms with Crippen molar-refractivity contribution in [1.82, 2.24) is 5.32 Å². The van der Waals surface area contributed by atoms with Gasteiger partial charge in [-0.3, -0.25) is 0 Å². The Labute approximate surface area is 96.5 Å². The van der Waals surface area contributed by atoms with Gasteiger partial charge in [0, 0.05) is 0 Å². The smallest absolute Gasteiger partial charge is 0.407 e. The van der Waals surface area contributed by atoms with Crippen molar-refractivity contribution in [3.05, 3.63) is 0 Å². The summed E-state index contributed by atoms with van der Waals surface area (Å²) in [6.07, 6.45) is 1.97. The van der Waals surface area contributed by atoms with Crippen LogP contribution < -0.4 is 5.32 Å². The average Bonchev–Trinajstić information content (AvgIpc) is 2.26. The molecule has 0 aliphatic rings. The predicted molar refractivity (Wildman–Crippen MR) is 60.1 cm³/mol. The van der Waals surface area contributed by atoms with E-state index in [0.717, 1.165) is 19.3 Å². The Morgan fingerprint density at radius 2 is 1.81 bits per heavy atom. The van der Waals surface area contributed by atoms with E-state index >= 15 is 0 Å². The molecule has 0 unspecified atom stereocenters. The second kappa shape index (κ2) is 9.00. The fourth-order valence-corrected chi connectivity index (χ4v) is 0.914. The Hall–Kier alpha value is -1.26. The van der Waals surface area contributed by atoms with Crippen molar-refractivity contribution in [2.24, 2.45) is 0 Å². The molecule has 0 aliphatic heterocycles. The van der Waals surface area contributed by atoms with Crippen LogP contribution in [0.5, 0.6) is 0 Å². The summed E-state index contributed by atoms with van der Waals surface area (Å²) >= 11 is 0. The fraction of sp³-hybridized carbons (Fsp3) is 0.818. The molecule has 5 nitrogen and oxygen atoms in total. The van der Waals surface area contributed by atoms with E-state index in [4.69, 9.17) is 9.47 Å². The third kappa shape index (κ3) is 7.09. The number of amides is 1. The molecule has 16 heavy (non-hydrogen) atoms. The van der Waals surface area contributed by atoms with Crippen LogP contribution in [0.3, 0.4) is 0 Å². The molecule has 0 rings (SSSR count). The highest BCUT2D eigenvalue weighted by Gasteiger charge is 2.17. The van der Waals surface area contributed by atoms with Crippen LogP contribution in [0.4, 0.5) is 4.79 Å². The van der Waals surface area contributed by atoms with E-state index in [2.05, 4.69) is 5.32 Å². The standard InChI is InChI=1S/C11H21NO4/c1-4-6-8-16-11(14)12-9(3)10(13)15-7-5-2/h9H,4-8H2,1-3H3,(H,12,14)/t9-/m0/s1. The van der Waals surface area contributed by atoms with Gasteiger partial charge in [0.25, 0.3) is 0 Å². The van der Waals surface area contributed by atoms with Crippen LogP contribution in [0.1, 0.15) is 40.0 Å². The molecule has 0 fully saturated rings. The van der Waals surface area contributed by atoms with Crippen molar-refractivity contribution in [3.63, 3.8) is 0 Å². The SMILES string of the molecule is CCCCOC(=O)N[C@@H](C)C(=O)OCCC. The molecular weight excluding hydrogens is 210 g/mol. The lowest BCUT2D eigenvalue weighted by atomic mass is 10.3. The highest BCUT2D eigenvalue weighted by Crippen LogP contribution is 1.93. The van der Waals surface area contributed by atoms with Crippen molar-refractivity contribution < 1.29 is 19.1 Å². The first kappa shape index (κ1) is 14.7. The molecule has 0 aromatic carbocycles. The lowest BCUT2D eigenvalue weighted by molar-refractivity contribution is -0.145. The molecule has 0 radical (unpaired) electrons. The molecule has 5 heteroatoms. The molecule has 0 spiro atoms. The van der Waals surface area contributed by atoms with Crippen LogP contribution in [-0.2, 0) is 14.3 Å². The molecule has 0 aromatic heterocycles. The second-order valence-corrected chi connectivity index (χ2v) is 3.52. The lowest BCUT2D eigenvalue weighted by Crippen LogP contribution is -2.40. The van der Waals surface area contributed by atoms with Crippen molar-refractivity contribution in [3.8, 4) is 0 Å². The maximum atomic E-state index is 11.3. The number of esters is 1. The molecule has 0 heterocycles. The van der Waals surface area contributed by atoms with Crippen LogP contribution in [0, 0.1) is 0 Å². The quantitative estimate of drug-likeness (QED) is 0.536. The first-order valence-corrected chi connectivity index (χ1v) is 5.71. The highest BCUT2D eigenvalue weighted by atomic mass is 16.6. The van der Waals surface area contributed by atoms with Crippen molar-refractivity contribution in [1.29, 1.82) is 0 Å². The van der Waals surface area contributed by atoms with E-state index in [1.165, 1.54) is 0 Å². The largest absolute Gasteiger partial charge is 0.464 e. The van der Waals surface area contributed by atoms with Gasteiger partial charge >= 0.3 is 12.1 Å². The molecule has 1 amide bonds. The molecule has 0 saturated carbocycles. The zero-order valence-corrected chi connectivity index (χ0v) is 10.2. The van der Waals surface area contributed by atoms with Crippen LogP contribution in [0.2, 0.25) is 0 Å². The van der Waals surface area contributed by atoms with Gasteiger partial charge < -0.3 is 14.8 Å². The van der Waals surface area contributed by atoms with E-state index in [1.807, 2.05) is 13.8 Å². The molecule has 1 atom stereocenters. The number of nitrogens with one attached hydrogen (secondary N) is 1. The van der Waals surface area contributed by atoms with E-state index in [9.17, 15) is 9.59 Å². The minimum absolute atomic E-state index is 0.371. The summed E-state index contributed by atoms with van der Waals surface area (Å²) in [5.41, 5.74) is 0. The maximum Gasteiger partial charge on any atom is 0.407 e. The van der Waals surface area contributed by atoms with Crippen LogP contribution in [0.25, 0.3) is 0 Å². The van der Waals surface area contributed by atoms with Gasteiger partial charge in [0.2, 0.25) is 0 Å². The maximum absolute atomic E-state index is 11.3. The molecule has 0 bridgehead atoms. The van der Waals surface area contributed by atoms with Crippen LogP contribution in [0.15, 0.2) is 0 Å². The van der Waals surface area contributed by atoms with Gasteiger partial charge in [-0.15, -0.1) is 0 Å². The molecule has 1 N–H and O–H groups in total. The zero-order valence-electron chi connectivity index (χ0n) is 10.2. The molecular formula is C11H21NO4. The number of hydrogen-bond donors (Lipinski definition) is 1. The molecule has 0 aliphatic carbocycles. The molecule has 0 saturated heterocycles. The first-order chi connectivity index (χ1) is 7.61. The average molecular weight is 231 g/mol. The Morgan fingerprint density at radius 1 is 1.12 bits per heavy atom. The number of rotatable bonds is 7. The Bertz CT molecular complexity index is 218. The third-order valence-corrected chi connectivity index (χ3v) is 1.87. The number of alkyl carbamates (subject to hydrolysis) is 1. The number of carbonyl (C=O) groups is 2. The van der Waals surface area contributed by atoms with Gasteiger partial charge in [0.1, 0.15) is 6.04 Å². The third-order valence-electron chi connectivity index (χ3n) is 1.87. The predicted octanol–water partition coefficient (Wildman–Crippen LogP) is 1.85. The summed E-state index contributed by atoms with van der Waals surface area (Å²) < 4.78 is 9.72. The summed E-state index contributed by atoms with van der Waals surface area (Å²) in [5.74, 6) is -0.436. The van der Waals surface area contributed by atoms with Crippen LogP contribution in [-0.4, -0.2) is 31.3 Å². The lowest BCUT2D eigenvalue weighted by Gasteiger charge is -2.12. The zero-order chi connectivity index (χ0) is 12.4.